The average molecular weight is 435 g/mol. The minimum absolute atomic E-state index is 0.489. The van der Waals surface area contributed by atoms with Crippen LogP contribution in [0.3, 0.4) is 0 Å². The number of hydrogen-bond donors (Lipinski definition) is 0. The second-order valence-corrected chi connectivity index (χ2v) is 11.7. The molecule has 2 heteroatoms. The van der Waals surface area contributed by atoms with Crippen LogP contribution in [-0.2, 0) is 9.53 Å². The highest BCUT2D eigenvalue weighted by Gasteiger charge is 2.39. The van der Waals surface area contributed by atoms with Crippen LogP contribution in [0.2, 0.25) is 0 Å². The van der Waals surface area contributed by atoms with E-state index in [1.54, 1.807) is 0 Å². The van der Waals surface area contributed by atoms with Crippen LogP contribution in [0.4, 0.5) is 0 Å². The van der Waals surface area contributed by atoms with E-state index in [0.29, 0.717) is 11.5 Å². The molecule has 0 heterocycles. The Bertz CT molecular complexity index is 444. The number of carbonyl (C=O) groups is 1. The normalized spacial score (nSPS) is 23.0. The summed E-state index contributed by atoms with van der Waals surface area (Å²) in [5, 5.41) is 0. The van der Waals surface area contributed by atoms with Gasteiger partial charge >= 0.3 is 0 Å². The molecule has 0 aromatic carbocycles. The Hall–Kier alpha value is -0.370. The first-order valence-electron chi connectivity index (χ1n) is 14.2. The van der Waals surface area contributed by atoms with Gasteiger partial charge in [0.15, 0.2) is 0 Å². The van der Waals surface area contributed by atoms with Gasteiger partial charge in [-0.05, 0) is 68.6 Å². The Morgan fingerprint density at radius 3 is 1.77 bits per heavy atom. The molecule has 0 amide bonds. The van der Waals surface area contributed by atoms with Gasteiger partial charge in [-0.2, -0.15) is 0 Å². The Morgan fingerprint density at radius 2 is 1.26 bits per heavy atom. The molecule has 0 aromatic heterocycles. The Kier molecular flexibility index (Phi) is 14.1. The summed E-state index contributed by atoms with van der Waals surface area (Å²) in [5.74, 6) is 1.93. The van der Waals surface area contributed by atoms with Crippen molar-refractivity contribution in [2.75, 3.05) is 6.61 Å². The molecule has 2 rings (SSSR count). The van der Waals surface area contributed by atoms with E-state index in [1.165, 1.54) is 122 Å². The van der Waals surface area contributed by atoms with E-state index in [1.807, 2.05) is 0 Å². The third-order valence-corrected chi connectivity index (χ3v) is 8.18. The van der Waals surface area contributed by atoms with E-state index in [4.69, 9.17) is 4.74 Å². The molecule has 2 aliphatic rings. The average Bonchev–Trinajstić information content (AvgIpc) is 3.37. The van der Waals surface area contributed by atoms with Crippen LogP contribution in [0, 0.1) is 17.3 Å². The summed E-state index contributed by atoms with van der Waals surface area (Å²) in [4.78, 5) is 10.4. The number of carbonyl (C=O) groups excluding carboxylic acids is 1. The van der Waals surface area contributed by atoms with Crippen molar-refractivity contribution < 1.29 is 9.53 Å². The number of ether oxygens (including phenoxy) is 1. The third-order valence-electron chi connectivity index (χ3n) is 8.18. The van der Waals surface area contributed by atoms with Gasteiger partial charge < -0.3 is 9.53 Å². The van der Waals surface area contributed by atoms with Crippen LogP contribution in [0.5, 0.6) is 0 Å². The molecule has 0 saturated heterocycles. The minimum Gasteiger partial charge on any atom is -0.378 e. The van der Waals surface area contributed by atoms with Crippen LogP contribution in [0.25, 0.3) is 0 Å². The quantitative estimate of drug-likeness (QED) is 0.133. The maximum atomic E-state index is 10.4. The van der Waals surface area contributed by atoms with Crippen LogP contribution in [0.1, 0.15) is 149 Å². The maximum Gasteiger partial charge on any atom is 0.119 e. The molecule has 0 aromatic rings. The molecule has 182 valence electrons. The molecule has 3 unspecified atom stereocenters. The number of aldehydes is 1. The molecule has 2 aliphatic carbocycles. The third kappa shape index (κ3) is 12.4. The first kappa shape index (κ1) is 26.9. The van der Waals surface area contributed by atoms with Crippen molar-refractivity contribution in [2.24, 2.45) is 17.3 Å². The lowest BCUT2D eigenvalue weighted by atomic mass is 9.82. The Morgan fingerprint density at radius 1 is 0.710 bits per heavy atom. The van der Waals surface area contributed by atoms with Crippen molar-refractivity contribution in [1.29, 1.82) is 0 Å². The molecule has 2 fully saturated rings. The van der Waals surface area contributed by atoms with E-state index in [0.717, 1.165) is 37.6 Å². The van der Waals surface area contributed by atoms with Gasteiger partial charge in [0.1, 0.15) is 6.29 Å². The van der Waals surface area contributed by atoms with Crippen molar-refractivity contribution in [2.45, 2.75) is 155 Å². The van der Waals surface area contributed by atoms with Gasteiger partial charge in [-0.15, -0.1) is 0 Å². The van der Waals surface area contributed by atoms with E-state index in [-0.39, 0.29) is 0 Å². The molecular weight excluding hydrogens is 380 g/mol. The van der Waals surface area contributed by atoms with Crippen molar-refractivity contribution in [3.05, 3.63) is 0 Å². The van der Waals surface area contributed by atoms with Crippen molar-refractivity contribution in [3.8, 4) is 0 Å². The molecule has 31 heavy (non-hydrogen) atoms. The standard InChI is InChI=1S/C29H54O2/c1-29(2,21-15-11-12-16-22-30)20-14-10-8-6-4-3-5-7-9-13-17-23-31-28-25-26-18-19-27(28)24-26/h22,26-28H,3-21,23-25H2,1-2H3. The predicted molar refractivity (Wildman–Crippen MR) is 134 cm³/mol. The number of unbranched alkanes of at least 4 members (excludes halogenated alkanes) is 13. The fourth-order valence-corrected chi connectivity index (χ4v) is 6.05. The first-order chi connectivity index (χ1) is 15.1. The van der Waals surface area contributed by atoms with Crippen LogP contribution < -0.4 is 0 Å². The number of hydrogen-bond acceptors (Lipinski definition) is 2. The lowest BCUT2D eigenvalue weighted by Crippen LogP contribution is -2.20. The van der Waals surface area contributed by atoms with Gasteiger partial charge in [-0.1, -0.05) is 90.9 Å². The highest BCUT2D eigenvalue weighted by Crippen LogP contribution is 2.45. The second-order valence-electron chi connectivity index (χ2n) is 11.7. The fraction of sp³-hybridized carbons (Fsp3) is 0.966. The summed E-state index contributed by atoms with van der Waals surface area (Å²) in [6.45, 7) is 5.87. The van der Waals surface area contributed by atoms with E-state index >= 15 is 0 Å². The second kappa shape index (κ2) is 16.3. The van der Waals surface area contributed by atoms with E-state index < -0.39 is 0 Å². The Balaban J connectivity index is 1.26. The van der Waals surface area contributed by atoms with E-state index in [9.17, 15) is 4.79 Å². The molecule has 2 nitrogen and oxygen atoms in total. The highest BCUT2D eigenvalue weighted by molar-refractivity contribution is 5.48. The predicted octanol–water partition coefficient (Wildman–Crippen LogP) is 9.05. The molecule has 2 saturated carbocycles. The molecule has 0 N–H and O–H groups in total. The van der Waals surface area contributed by atoms with Gasteiger partial charge in [0.25, 0.3) is 0 Å². The lowest BCUT2D eigenvalue weighted by Gasteiger charge is -2.24. The van der Waals surface area contributed by atoms with Crippen LogP contribution in [-0.4, -0.2) is 19.0 Å². The monoisotopic (exact) mass is 434 g/mol. The maximum absolute atomic E-state index is 10.4. The smallest absolute Gasteiger partial charge is 0.119 e. The molecule has 2 bridgehead atoms. The van der Waals surface area contributed by atoms with Crippen LogP contribution >= 0.6 is 0 Å². The highest BCUT2D eigenvalue weighted by atomic mass is 16.5. The first-order valence-corrected chi connectivity index (χ1v) is 14.2. The van der Waals surface area contributed by atoms with Gasteiger partial charge in [-0.3, -0.25) is 0 Å². The van der Waals surface area contributed by atoms with Gasteiger partial charge in [0.05, 0.1) is 6.10 Å². The Labute approximate surface area is 194 Å². The topological polar surface area (TPSA) is 26.3 Å². The summed E-state index contributed by atoms with van der Waals surface area (Å²) < 4.78 is 6.17. The minimum atomic E-state index is 0.489. The van der Waals surface area contributed by atoms with Crippen LogP contribution in [0.15, 0.2) is 0 Å². The molecular formula is C29H54O2. The molecule has 0 radical (unpaired) electrons. The van der Waals surface area contributed by atoms with Gasteiger partial charge in [0, 0.05) is 13.0 Å². The van der Waals surface area contributed by atoms with Crippen molar-refractivity contribution in [1.82, 2.24) is 0 Å². The summed E-state index contributed by atoms with van der Waals surface area (Å²) in [7, 11) is 0. The molecule has 0 aliphatic heterocycles. The SMILES string of the molecule is CC(C)(CCCCCC=O)CCCCCCCCCCCCCOC1CC2CCC1C2. The zero-order valence-corrected chi connectivity index (χ0v) is 21.2. The van der Waals surface area contributed by atoms with Crippen molar-refractivity contribution in [3.63, 3.8) is 0 Å². The van der Waals surface area contributed by atoms with E-state index in [2.05, 4.69) is 13.8 Å². The summed E-state index contributed by atoms with van der Waals surface area (Å²) in [6, 6.07) is 0. The lowest BCUT2D eigenvalue weighted by molar-refractivity contribution is -0.107. The summed E-state index contributed by atoms with van der Waals surface area (Å²) >= 11 is 0. The van der Waals surface area contributed by atoms with Gasteiger partial charge in [-0.25, -0.2) is 0 Å². The molecule has 0 spiro atoms. The summed E-state index contributed by atoms with van der Waals surface area (Å²) in [5.41, 5.74) is 0.489. The molecule has 3 atom stereocenters. The summed E-state index contributed by atoms with van der Waals surface area (Å²) in [6.07, 6.45) is 29.9. The van der Waals surface area contributed by atoms with Crippen molar-refractivity contribution >= 4 is 6.29 Å². The zero-order valence-electron chi connectivity index (χ0n) is 21.2. The number of rotatable bonds is 21. The van der Waals surface area contributed by atoms with Gasteiger partial charge in [0.2, 0.25) is 0 Å². The number of fused-ring (bicyclic) bond motifs is 2. The zero-order chi connectivity index (χ0) is 22.2. The fourth-order valence-electron chi connectivity index (χ4n) is 6.05. The largest absolute Gasteiger partial charge is 0.378 e.